The zero-order chi connectivity index (χ0) is 14.5. The van der Waals surface area contributed by atoms with Crippen LogP contribution in [0.25, 0.3) is 0 Å². The van der Waals surface area contributed by atoms with Crippen molar-refractivity contribution in [1.29, 1.82) is 0 Å². The molecule has 1 amide bonds. The van der Waals surface area contributed by atoms with Gasteiger partial charge in [0.25, 0.3) is 0 Å². The van der Waals surface area contributed by atoms with Crippen LogP contribution in [-0.2, 0) is 11.2 Å². The van der Waals surface area contributed by atoms with E-state index in [0.717, 1.165) is 0 Å². The molecule has 0 radical (unpaired) electrons. The van der Waals surface area contributed by atoms with Crippen LogP contribution in [0.4, 0.5) is 13.2 Å². The lowest BCUT2D eigenvalue weighted by atomic mass is 10.1. The van der Waals surface area contributed by atoms with E-state index in [1.807, 2.05) is 0 Å². The molecule has 19 heavy (non-hydrogen) atoms. The lowest BCUT2D eigenvalue weighted by Gasteiger charge is -2.13. The number of benzene rings is 1. The van der Waals surface area contributed by atoms with Crippen molar-refractivity contribution in [3.8, 4) is 11.5 Å². The Bertz CT molecular complexity index is 424. The molecule has 1 aromatic carbocycles. The van der Waals surface area contributed by atoms with Gasteiger partial charge in [-0.1, -0.05) is 6.07 Å². The standard InChI is InChI=1S/C12H14F3NO3/c1-18-9-4-3-5-10(19-2)8(9)6-7-16-11(17)12(13,14)15/h3-5H,6-7H2,1-2H3,(H,16,17). The van der Waals surface area contributed by atoms with Gasteiger partial charge in [-0.2, -0.15) is 13.2 Å². The van der Waals surface area contributed by atoms with Crippen molar-refractivity contribution in [2.24, 2.45) is 0 Å². The molecule has 0 aliphatic rings. The maximum atomic E-state index is 12.0. The van der Waals surface area contributed by atoms with Crippen LogP contribution in [0.3, 0.4) is 0 Å². The fourth-order valence-corrected chi connectivity index (χ4v) is 1.58. The molecule has 0 aliphatic carbocycles. The van der Waals surface area contributed by atoms with Gasteiger partial charge >= 0.3 is 12.1 Å². The monoisotopic (exact) mass is 277 g/mol. The minimum absolute atomic E-state index is 0.158. The van der Waals surface area contributed by atoms with Gasteiger partial charge in [0.1, 0.15) is 11.5 Å². The Morgan fingerprint density at radius 2 is 1.74 bits per heavy atom. The fraction of sp³-hybridized carbons (Fsp3) is 0.417. The van der Waals surface area contributed by atoms with E-state index in [0.29, 0.717) is 17.1 Å². The molecule has 0 bridgehead atoms. The highest BCUT2D eigenvalue weighted by Crippen LogP contribution is 2.28. The normalized spacial score (nSPS) is 11.0. The molecule has 0 fully saturated rings. The lowest BCUT2D eigenvalue weighted by Crippen LogP contribution is -2.37. The summed E-state index contributed by atoms with van der Waals surface area (Å²) in [7, 11) is 2.90. The van der Waals surface area contributed by atoms with Gasteiger partial charge in [-0.25, -0.2) is 0 Å². The van der Waals surface area contributed by atoms with E-state index in [1.165, 1.54) is 14.2 Å². The average molecular weight is 277 g/mol. The summed E-state index contributed by atoms with van der Waals surface area (Å²) in [4.78, 5) is 10.7. The number of nitrogens with one attached hydrogen (secondary N) is 1. The highest BCUT2D eigenvalue weighted by molar-refractivity contribution is 5.81. The Labute approximate surface area is 108 Å². The summed E-state index contributed by atoms with van der Waals surface area (Å²) >= 11 is 0. The highest BCUT2D eigenvalue weighted by atomic mass is 19.4. The first-order chi connectivity index (χ1) is 8.90. The van der Waals surface area contributed by atoms with Crippen molar-refractivity contribution in [1.82, 2.24) is 5.32 Å². The van der Waals surface area contributed by atoms with Gasteiger partial charge in [-0.3, -0.25) is 4.79 Å². The number of methoxy groups -OCH3 is 2. The first kappa shape index (κ1) is 15.1. The summed E-state index contributed by atoms with van der Waals surface area (Å²) in [6.07, 6.45) is -4.69. The summed E-state index contributed by atoms with van der Waals surface area (Å²) in [6, 6.07) is 5.04. The summed E-state index contributed by atoms with van der Waals surface area (Å²) < 4.78 is 46.2. The summed E-state index contributed by atoms with van der Waals surface area (Å²) in [5, 5.41) is 1.80. The molecule has 0 aromatic heterocycles. The smallest absolute Gasteiger partial charge is 0.471 e. The Morgan fingerprint density at radius 3 is 2.16 bits per heavy atom. The van der Waals surface area contributed by atoms with Crippen LogP contribution in [0.1, 0.15) is 5.56 Å². The maximum absolute atomic E-state index is 12.0. The zero-order valence-corrected chi connectivity index (χ0v) is 10.5. The molecule has 0 saturated heterocycles. The van der Waals surface area contributed by atoms with Crippen LogP contribution in [0.2, 0.25) is 0 Å². The SMILES string of the molecule is COc1cccc(OC)c1CCNC(=O)C(F)(F)F. The molecule has 1 N–H and O–H groups in total. The largest absolute Gasteiger partial charge is 0.496 e. The quantitative estimate of drug-likeness (QED) is 0.894. The number of hydrogen-bond donors (Lipinski definition) is 1. The predicted molar refractivity (Wildman–Crippen MR) is 62.3 cm³/mol. The van der Waals surface area contributed by atoms with Gasteiger partial charge in [0.2, 0.25) is 0 Å². The number of hydrogen-bond acceptors (Lipinski definition) is 3. The number of carbonyl (C=O) groups is 1. The maximum Gasteiger partial charge on any atom is 0.471 e. The third-order valence-corrected chi connectivity index (χ3v) is 2.45. The molecule has 0 unspecified atom stereocenters. The van der Waals surface area contributed by atoms with Crippen molar-refractivity contribution in [2.45, 2.75) is 12.6 Å². The van der Waals surface area contributed by atoms with Crippen molar-refractivity contribution in [3.05, 3.63) is 23.8 Å². The Morgan fingerprint density at radius 1 is 1.21 bits per heavy atom. The number of ether oxygens (including phenoxy) is 2. The van der Waals surface area contributed by atoms with E-state index >= 15 is 0 Å². The first-order valence-corrected chi connectivity index (χ1v) is 5.45. The second-order valence-electron chi connectivity index (χ2n) is 3.64. The average Bonchev–Trinajstić information content (AvgIpc) is 2.37. The third-order valence-electron chi connectivity index (χ3n) is 2.45. The minimum atomic E-state index is -4.87. The molecule has 1 aromatic rings. The number of rotatable bonds is 5. The Balaban J connectivity index is 2.70. The van der Waals surface area contributed by atoms with Crippen molar-refractivity contribution >= 4 is 5.91 Å². The topological polar surface area (TPSA) is 47.6 Å². The zero-order valence-electron chi connectivity index (χ0n) is 10.5. The van der Waals surface area contributed by atoms with E-state index in [2.05, 4.69) is 0 Å². The second-order valence-corrected chi connectivity index (χ2v) is 3.64. The number of carbonyl (C=O) groups excluding carboxylic acids is 1. The third kappa shape index (κ3) is 4.04. The van der Waals surface area contributed by atoms with Crippen LogP contribution >= 0.6 is 0 Å². The molecule has 0 saturated carbocycles. The second kappa shape index (κ2) is 6.31. The molecule has 1 rings (SSSR count). The lowest BCUT2D eigenvalue weighted by molar-refractivity contribution is -0.173. The van der Waals surface area contributed by atoms with Gasteiger partial charge in [-0.05, 0) is 18.6 Å². The first-order valence-electron chi connectivity index (χ1n) is 5.45. The molecule has 0 spiro atoms. The molecule has 0 aliphatic heterocycles. The van der Waals surface area contributed by atoms with Crippen molar-refractivity contribution in [2.75, 3.05) is 20.8 Å². The van der Waals surface area contributed by atoms with Crippen LogP contribution in [0, 0.1) is 0 Å². The molecular formula is C12H14F3NO3. The number of amides is 1. The van der Waals surface area contributed by atoms with Gasteiger partial charge in [0, 0.05) is 12.1 Å². The molecular weight excluding hydrogens is 263 g/mol. The van der Waals surface area contributed by atoms with Crippen LogP contribution in [0.5, 0.6) is 11.5 Å². The van der Waals surface area contributed by atoms with Gasteiger partial charge < -0.3 is 14.8 Å². The fourth-order valence-electron chi connectivity index (χ4n) is 1.58. The Hall–Kier alpha value is -1.92. The van der Waals surface area contributed by atoms with Crippen LogP contribution in [0.15, 0.2) is 18.2 Å². The van der Waals surface area contributed by atoms with Gasteiger partial charge in [0.15, 0.2) is 0 Å². The van der Waals surface area contributed by atoms with E-state index in [9.17, 15) is 18.0 Å². The van der Waals surface area contributed by atoms with Gasteiger partial charge in [0.05, 0.1) is 14.2 Å². The van der Waals surface area contributed by atoms with Crippen molar-refractivity contribution < 1.29 is 27.4 Å². The predicted octanol–water partition coefficient (Wildman–Crippen LogP) is 1.92. The summed E-state index contributed by atoms with van der Waals surface area (Å²) in [5.41, 5.74) is 0.606. The molecule has 0 heterocycles. The van der Waals surface area contributed by atoms with Gasteiger partial charge in [-0.15, -0.1) is 0 Å². The van der Waals surface area contributed by atoms with Crippen LogP contribution in [-0.4, -0.2) is 32.8 Å². The molecule has 4 nitrogen and oxygen atoms in total. The molecule has 106 valence electrons. The molecule has 7 heteroatoms. The molecule has 0 atom stereocenters. The van der Waals surface area contributed by atoms with E-state index in [4.69, 9.17) is 9.47 Å². The van der Waals surface area contributed by atoms with Crippen LogP contribution < -0.4 is 14.8 Å². The summed E-state index contributed by atoms with van der Waals surface area (Å²) in [6.45, 7) is -0.158. The van der Waals surface area contributed by atoms with E-state index in [1.54, 1.807) is 23.5 Å². The van der Waals surface area contributed by atoms with Crippen molar-refractivity contribution in [3.63, 3.8) is 0 Å². The Kier molecular flexibility index (Phi) is 5.02. The minimum Gasteiger partial charge on any atom is -0.496 e. The number of halogens is 3. The van der Waals surface area contributed by atoms with E-state index < -0.39 is 12.1 Å². The highest BCUT2D eigenvalue weighted by Gasteiger charge is 2.38. The summed E-state index contributed by atoms with van der Waals surface area (Å²) in [5.74, 6) is -0.956. The number of alkyl halides is 3. The van der Waals surface area contributed by atoms with E-state index in [-0.39, 0.29) is 13.0 Å².